The summed E-state index contributed by atoms with van der Waals surface area (Å²) in [7, 11) is 0. The molecule has 2 N–H and O–H groups in total. The van der Waals surface area contributed by atoms with Gasteiger partial charge in [0.1, 0.15) is 5.69 Å². The lowest BCUT2D eigenvalue weighted by atomic mass is 9.81. The number of anilines is 1. The van der Waals surface area contributed by atoms with Crippen molar-refractivity contribution >= 4 is 23.3 Å². The Hall–Kier alpha value is -2.55. The van der Waals surface area contributed by atoms with Gasteiger partial charge in [0.05, 0.1) is 15.9 Å². The predicted molar refractivity (Wildman–Crippen MR) is 95.9 cm³/mol. The van der Waals surface area contributed by atoms with Gasteiger partial charge in [0.15, 0.2) is 0 Å². The maximum atomic E-state index is 11.1. The number of hydrazone groups is 1. The van der Waals surface area contributed by atoms with Crippen LogP contribution in [-0.2, 0) is 0 Å². The highest BCUT2D eigenvalue weighted by molar-refractivity contribution is 5.69. The summed E-state index contributed by atoms with van der Waals surface area (Å²) in [4.78, 5) is 20.5. The van der Waals surface area contributed by atoms with Crippen molar-refractivity contribution in [2.24, 2.45) is 16.4 Å². The van der Waals surface area contributed by atoms with E-state index >= 15 is 0 Å². The number of benzene rings is 1. The average molecular weight is 349 g/mol. The van der Waals surface area contributed by atoms with E-state index in [9.17, 15) is 20.2 Å². The molecule has 1 atom stereocenters. The minimum Gasteiger partial charge on any atom is -0.316 e. The van der Waals surface area contributed by atoms with Crippen molar-refractivity contribution in [1.82, 2.24) is 5.32 Å². The Bertz CT molecular complexity index is 668. The van der Waals surface area contributed by atoms with Crippen LogP contribution in [0.3, 0.4) is 0 Å². The van der Waals surface area contributed by atoms with E-state index < -0.39 is 9.85 Å². The number of nitro groups is 2. The minimum absolute atomic E-state index is 0.127. The summed E-state index contributed by atoms with van der Waals surface area (Å²) in [5, 5.41) is 29.4. The molecule has 1 aliphatic heterocycles. The highest BCUT2D eigenvalue weighted by atomic mass is 16.6. The fraction of sp³-hybridized carbons (Fsp3) is 0.562. The molecule has 1 unspecified atom stereocenters. The van der Waals surface area contributed by atoms with Crippen molar-refractivity contribution in [2.75, 3.05) is 18.5 Å². The number of piperidine rings is 1. The maximum absolute atomic E-state index is 11.1. The normalized spacial score (nSPS) is 18.2. The van der Waals surface area contributed by atoms with Crippen LogP contribution in [0.5, 0.6) is 0 Å². The van der Waals surface area contributed by atoms with Crippen LogP contribution in [0.1, 0.15) is 33.1 Å². The lowest BCUT2D eigenvalue weighted by molar-refractivity contribution is -0.393. The molecule has 0 saturated carbocycles. The molecule has 0 spiro atoms. The molecule has 0 amide bonds. The minimum atomic E-state index is -0.665. The van der Waals surface area contributed by atoms with Gasteiger partial charge in [-0.05, 0) is 44.3 Å². The quantitative estimate of drug-likeness (QED) is 0.442. The molecular weight excluding hydrogens is 326 g/mol. The van der Waals surface area contributed by atoms with Gasteiger partial charge < -0.3 is 5.32 Å². The molecule has 0 aliphatic carbocycles. The Morgan fingerprint density at radius 2 is 2.12 bits per heavy atom. The molecule has 0 bridgehead atoms. The molecule has 1 saturated heterocycles. The summed E-state index contributed by atoms with van der Waals surface area (Å²) in [6.07, 6.45) is 5.07. The number of hydrogen-bond acceptors (Lipinski definition) is 7. The molecule has 0 aromatic heterocycles. The van der Waals surface area contributed by atoms with Crippen LogP contribution in [0.25, 0.3) is 0 Å². The predicted octanol–water partition coefficient (Wildman–Crippen LogP) is 3.32. The van der Waals surface area contributed by atoms with E-state index in [1.54, 1.807) is 6.21 Å². The van der Waals surface area contributed by atoms with Crippen molar-refractivity contribution in [3.05, 3.63) is 38.4 Å². The highest BCUT2D eigenvalue weighted by Crippen LogP contribution is 2.30. The highest BCUT2D eigenvalue weighted by Gasteiger charge is 2.24. The smallest absolute Gasteiger partial charge is 0.301 e. The zero-order chi connectivity index (χ0) is 18.4. The number of nitrogens with one attached hydrogen (secondary N) is 2. The van der Waals surface area contributed by atoms with Gasteiger partial charge in [-0.2, -0.15) is 5.10 Å². The van der Waals surface area contributed by atoms with E-state index in [0.29, 0.717) is 5.92 Å². The number of hydrogen-bond donors (Lipinski definition) is 2. The van der Waals surface area contributed by atoms with Gasteiger partial charge in [0, 0.05) is 17.7 Å². The fourth-order valence-electron chi connectivity index (χ4n) is 3.05. The molecule has 1 heterocycles. The van der Waals surface area contributed by atoms with Crippen LogP contribution < -0.4 is 10.7 Å². The van der Waals surface area contributed by atoms with Crippen molar-refractivity contribution in [2.45, 2.75) is 33.1 Å². The Balaban J connectivity index is 2.04. The van der Waals surface area contributed by atoms with Gasteiger partial charge in [-0.3, -0.25) is 25.7 Å². The fourth-order valence-corrected chi connectivity index (χ4v) is 3.05. The second-order valence-electron chi connectivity index (χ2n) is 6.99. The lowest BCUT2D eigenvalue weighted by Gasteiger charge is -2.29. The third kappa shape index (κ3) is 5.49. The largest absolute Gasteiger partial charge is 0.316 e. The van der Waals surface area contributed by atoms with Crippen molar-refractivity contribution in [3.63, 3.8) is 0 Å². The van der Waals surface area contributed by atoms with E-state index in [1.165, 1.54) is 25.0 Å². The van der Waals surface area contributed by atoms with E-state index in [0.717, 1.165) is 25.6 Å². The molecule has 25 heavy (non-hydrogen) atoms. The first-order valence-corrected chi connectivity index (χ1v) is 8.22. The molecule has 9 heteroatoms. The van der Waals surface area contributed by atoms with Gasteiger partial charge in [0.25, 0.3) is 5.69 Å². The molecule has 1 aromatic carbocycles. The average Bonchev–Trinajstić information content (AvgIpc) is 2.55. The summed E-state index contributed by atoms with van der Waals surface area (Å²) < 4.78 is 0. The third-order valence-electron chi connectivity index (χ3n) is 4.20. The van der Waals surface area contributed by atoms with Gasteiger partial charge in [0.2, 0.25) is 0 Å². The maximum Gasteiger partial charge on any atom is 0.301 e. The van der Waals surface area contributed by atoms with Crippen LogP contribution in [0, 0.1) is 31.6 Å². The van der Waals surface area contributed by atoms with Gasteiger partial charge in [-0.25, -0.2) is 0 Å². The van der Waals surface area contributed by atoms with Crippen LogP contribution >= 0.6 is 0 Å². The molecule has 1 aromatic rings. The van der Waals surface area contributed by atoms with Gasteiger partial charge in [-0.15, -0.1) is 0 Å². The Kier molecular flexibility index (Phi) is 6.02. The van der Waals surface area contributed by atoms with E-state index in [-0.39, 0.29) is 22.5 Å². The summed E-state index contributed by atoms with van der Waals surface area (Å²) >= 11 is 0. The molecule has 0 radical (unpaired) electrons. The first kappa shape index (κ1) is 18.8. The Morgan fingerprint density at radius 1 is 1.36 bits per heavy atom. The molecule has 1 aliphatic rings. The van der Waals surface area contributed by atoms with E-state index in [4.69, 9.17) is 0 Å². The number of nitro benzene ring substituents is 2. The standard InChI is InChI=1S/C16H23N5O4/c1-16(2,9-12-4-3-7-17-10-12)11-18-19-14-6-5-13(20(22)23)8-15(14)21(24)25/h5-6,8,11-12,17,19H,3-4,7,9-10H2,1-2H3/b18-11+. The SMILES string of the molecule is CC(C)(/C=N/Nc1ccc([N+](=O)[O-])cc1[N+](=O)[O-])CC1CCCNC1. The van der Waals surface area contributed by atoms with Crippen molar-refractivity contribution in [1.29, 1.82) is 0 Å². The van der Waals surface area contributed by atoms with Crippen molar-refractivity contribution in [3.8, 4) is 0 Å². The zero-order valence-corrected chi connectivity index (χ0v) is 14.4. The Morgan fingerprint density at radius 3 is 2.72 bits per heavy atom. The second kappa shape index (κ2) is 8.02. The third-order valence-corrected chi connectivity index (χ3v) is 4.20. The molecule has 136 valence electrons. The van der Waals surface area contributed by atoms with E-state index in [1.807, 2.05) is 0 Å². The number of non-ortho nitro benzene ring substituents is 1. The molecule has 9 nitrogen and oxygen atoms in total. The number of rotatable bonds is 7. The van der Waals surface area contributed by atoms with Crippen LogP contribution in [0.4, 0.5) is 17.1 Å². The van der Waals surface area contributed by atoms with Gasteiger partial charge >= 0.3 is 5.69 Å². The van der Waals surface area contributed by atoms with Crippen LogP contribution in [-0.4, -0.2) is 29.2 Å². The van der Waals surface area contributed by atoms with E-state index in [2.05, 4.69) is 29.7 Å². The van der Waals surface area contributed by atoms with Crippen molar-refractivity contribution < 1.29 is 9.85 Å². The zero-order valence-electron chi connectivity index (χ0n) is 14.4. The topological polar surface area (TPSA) is 123 Å². The Labute approximate surface area is 145 Å². The van der Waals surface area contributed by atoms with Crippen LogP contribution in [0.2, 0.25) is 0 Å². The van der Waals surface area contributed by atoms with Crippen LogP contribution in [0.15, 0.2) is 23.3 Å². The summed E-state index contributed by atoms with van der Waals surface area (Å²) in [5.41, 5.74) is 1.91. The monoisotopic (exact) mass is 349 g/mol. The first-order chi connectivity index (χ1) is 11.8. The lowest BCUT2D eigenvalue weighted by Crippen LogP contribution is -2.33. The number of nitrogens with zero attached hydrogens (tertiary/aromatic N) is 3. The van der Waals surface area contributed by atoms with Gasteiger partial charge in [-0.1, -0.05) is 13.8 Å². The molecular formula is C16H23N5O4. The summed E-state index contributed by atoms with van der Waals surface area (Å²) in [5.74, 6) is 0.587. The second-order valence-corrected chi connectivity index (χ2v) is 6.99. The molecule has 2 rings (SSSR count). The first-order valence-electron chi connectivity index (χ1n) is 8.22. The summed E-state index contributed by atoms with van der Waals surface area (Å²) in [6.45, 7) is 6.20. The molecule has 1 fully saturated rings. The summed E-state index contributed by atoms with van der Waals surface area (Å²) in [6, 6.07) is 3.44.